The number of nitrogens with zero attached hydrogens (tertiary/aromatic N) is 1. The number of amides is 3. The zero-order chi connectivity index (χ0) is 18.9. The van der Waals surface area contributed by atoms with E-state index in [1.807, 2.05) is 11.9 Å². The molecule has 1 saturated heterocycles. The molecule has 6 heteroatoms. The van der Waals surface area contributed by atoms with Gasteiger partial charge in [0.15, 0.2) is 0 Å². The molecule has 5 aliphatic rings. The van der Waals surface area contributed by atoms with Gasteiger partial charge in [-0.05, 0) is 88.6 Å². The molecule has 0 aromatic rings. The summed E-state index contributed by atoms with van der Waals surface area (Å²) in [6.07, 6.45) is 10.3. The summed E-state index contributed by atoms with van der Waals surface area (Å²) in [5.74, 6) is 3.19. The lowest BCUT2D eigenvalue weighted by Gasteiger charge is -2.56. The zero-order valence-corrected chi connectivity index (χ0v) is 16.8. The van der Waals surface area contributed by atoms with Crippen molar-refractivity contribution in [2.45, 2.75) is 63.3 Å². The van der Waals surface area contributed by atoms with Crippen molar-refractivity contribution in [1.29, 1.82) is 0 Å². The third kappa shape index (κ3) is 4.41. The maximum atomic E-state index is 12.5. The molecular weight excluding hydrogens is 340 g/mol. The summed E-state index contributed by atoms with van der Waals surface area (Å²) < 4.78 is 0. The summed E-state index contributed by atoms with van der Waals surface area (Å²) in [6, 6.07) is -0.0727. The second-order valence-corrected chi connectivity index (χ2v) is 9.73. The van der Waals surface area contributed by atoms with E-state index >= 15 is 0 Å². The van der Waals surface area contributed by atoms with Crippen LogP contribution in [-0.4, -0.2) is 55.6 Å². The van der Waals surface area contributed by atoms with E-state index in [2.05, 4.69) is 16.0 Å². The lowest BCUT2D eigenvalue weighted by atomic mass is 9.53. The highest BCUT2D eigenvalue weighted by molar-refractivity contribution is 5.78. The zero-order valence-electron chi connectivity index (χ0n) is 16.8. The third-order valence-corrected chi connectivity index (χ3v) is 7.41. The van der Waals surface area contributed by atoms with Crippen LogP contribution in [0.5, 0.6) is 0 Å². The van der Waals surface area contributed by atoms with Crippen LogP contribution in [0.2, 0.25) is 0 Å². The first-order valence-corrected chi connectivity index (χ1v) is 11.0. The van der Waals surface area contributed by atoms with Gasteiger partial charge in [0.1, 0.15) is 0 Å². The highest BCUT2D eigenvalue weighted by Crippen LogP contribution is 2.55. The molecule has 1 aliphatic heterocycles. The van der Waals surface area contributed by atoms with Crippen LogP contribution >= 0.6 is 0 Å². The largest absolute Gasteiger partial charge is 0.342 e. The predicted octanol–water partition coefficient (Wildman–Crippen LogP) is 2.10. The summed E-state index contributed by atoms with van der Waals surface area (Å²) in [4.78, 5) is 26.9. The van der Waals surface area contributed by atoms with E-state index in [1.165, 1.54) is 25.7 Å². The third-order valence-electron chi connectivity index (χ3n) is 7.41. The molecule has 1 heterocycles. The first kappa shape index (κ1) is 19.0. The SMILES string of the molecule is CNCC1CCCN(C(=O)CCNC(=O)NC23CC4CC(CC(C4)C2)C3)C1. The number of urea groups is 1. The van der Waals surface area contributed by atoms with Gasteiger partial charge in [-0.15, -0.1) is 0 Å². The number of carbonyl (C=O) groups excluding carboxylic acids is 2. The summed E-state index contributed by atoms with van der Waals surface area (Å²) in [5, 5.41) is 9.49. The normalized spacial score (nSPS) is 37.3. The number of carbonyl (C=O) groups is 2. The van der Waals surface area contributed by atoms with Crippen molar-refractivity contribution < 1.29 is 9.59 Å². The highest BCUT2D eigenvalue weighted by atomic mass is 16.2. The van der Waals surface area contributed by atoms with Crippen molar-refractivity contribution in [3.8, 4) is 0 Å². The Kier molecular flexibility index (Phi) is 5.62. The Balaban J connectivity index is 1.19. The Morgan fingerprint density at radius 1 is 1.07 bits per heavy atom. The molecule has 0 aromatic heterocycles. The summed E-state index contributed by atoms with van der Waals surface area (Å²) in [5.41, 5.74) is 0.0378. The standard InChI is InChI=1S/C21H36N4O2/c1-22-13-15-3-2-6-25(14-15)19(26)4-5-23-20(27)24-21-10-16-7-17(11-21)9-18(8-16)12-21/h15-18,22H,2-14H2,1H3,(H2,23,24,27). The summed E-state index contributed by atoms with van der Waals surface area (Å²) >= 11 is 0. The number of rotatable bonds is 6. The smallest absolute Gasteiger partial charge is 0.315 e. The molecule has 0 radical (unpaired) electrons. The van der Waals surface area contributed by atoms with Gasteiger partial charge in [0.2, 0.25) is 5.91 Å². The second-order valence-electron chi connectivity index (χ2n) is 9.73. The van der Waals surface area contributed by atoms with Gasteiger partial charge >= 0.3 is 6.03 Å². The van der Waals surface area contributed by atoms with Gasteiger partial charge in [-0.25, -0.2) is 4.79 Å². The number of piperidine rings is 1. The van der Waals surface area contributed by atoms with E-state index in [1.54, 1.807) is 0 Å². The van der Waals surface area contributed by atoms with Crippen molar-refractivity contribution in [2.75, 3.05) is 33.2 Å². The molecule has 1 unspecified atom stereocenters. The first-order valence-electron chi connectivity index (χ1n) is 11.0. The van der Waals surface area contributed by atoms with Crippen LogP contribution in [-0.2, 0) is 4.79 Å². The van der Waals surface area contributed by atoms with Gasteiger partial charge in [0.25, 0.3) is 0 Å². The van der Waals surface area contributed by atoms with Crippen LogP contribution < -0.4 is 16.0 Å². The van der Waals surface area contributed by atoms with Crippen molar-refractivity contribution in [2.24, 2.45) is 23.7 Å². The maximum absolute atomic E-state index is 12.5. The van der Waals surface area contributed by atoms with Crippen LogP contribution in [0.4, 0.5) is 4.79 Å². The highest BCUT2D eigenvalue weighted by Gasteiger charge is 2.51. The summed E-state index contributed by atoms with van der Waals surface area (Å²) in [7, 11) is 1.97. The van der Waals surface area contributed by atoms with Crippen LogP contribution in [0.1, 0.15) is 57.8 Å². The minimum absolute atomic E-state index is 0.0378. The Hall–Kier alpha value is -1.30. The molecule has 5 rings (SSSR count). The predicted molar refractivity (Wildman–Crippen MR) is 105 cm³/mol. The minimum Gasteiger partial charge on any atom is -0.342 e. The molecule has 27 heavy (non-hydrogen) atoms. The Morgan fingerprint density at radius 2 is 1.74 bits per heavy atom. The molecule has 0 spiro atoms. The molecular formula is C21H36N4O2. The minimum atomic E-state index is -0.0727. The fraction of sp³-hybridized carbons (Fsp3) is 0.905. The van der Waals surface area contributed by atoms with Gasteiger partial charge in [0.05, 0.1) is 0 Å². The van der Waals surface area contributed by atoms with Crippen molar-refractivity contribution in [3.63, 3.8) is 0 Å². The van der Waals surface area contributed by atoms with Crippen molar-refractivity contribution in [1.82, 2.24) is 20.9 Å². The number of likely N-dealkylation sites (tertiary alicyclic amines) is 1. The molecule has 6 nitrogen and oxygen atoms in total. The molecule has 0 aromatic carbocycles. The van der Waals surface area contributed by atoms with E-state index in [-0.39, 0.29) is 17.5 Å². The molecule has 4 aliphatic carbocycles. The molecule has 3 N–H and O–H groups in total. The van der Waals surface area contributed by atoms with Crippen molar-refractivity contribution >= 4 is 11.9 Å². The fourth-order valence-electron chi connectivity index (χ4n) is 6.74. The van der Waals surface area contributed by atoms with Crippen LogP contribution in [0, 0.1) is 23.7 Å². The van der Waals surface area contributed by atoms with E-state index < -0.39 is 0 Å². The van der Waals surface area contributed by atoms with E-state index in [0.29, 0.717) is 18.9 Å². The van der Waals surface area contributed by atoms with Crippen LogP contribution in [0.25, 0.3) is 0 Å². The van der Waals surface area contributed by atoms with Gasteiger partial charge in [-0.2, -0.15) is 0 Å². The molecule has 1 atom stereocenters. The Bertz CT molecular complexity index is 527. The second kappa shape index (κ2) is 7.98. The van der Waals surface area contributed by atoms with E-state index in [4.69, 9.17) is 0 Å². The van der Waals surface area contributed by atoms with Crippen LogP contribution in [0.3, 0.4) is 0 Å². The number of nitrogens with one attached hydrogen (secondary N) is 3. The lowest BCUT2D eigenvalue weighted by molar-refractivity contribution is -0.132. The maximum Gasteiger partial charge on any atom is 0.315 e. The topological polar surface area (TPSA) is 73.5 Å². The van der Waals surface area contributed by atoms with Gasteiger partial charge < -0.3 is 20.9 Å². The van der Waals surface area contributed by atoms with E-state index in [0.717, 1.165) is 63.1 Å². The molecule has 3 amide bonds. The number of hydrogen-bond donors (Lipinski definition) is 3. The molecule has 4 bridgehead atoms. The van der Waals surface area contributed by atoms with Gasteiger partial charge in [-0.3, -0.25) is 4.79 Å². The molecule has 5 fully saturated rings. The Labute approximate surface area is 163 Å². The number of hydrogen-bond acceptors (Lipinski definition) is 3. The average Bonchev–Trinajstić information content (AvgIpc) is 2.60. The monoisotopic (exact) mass is 376 g/mol. The molecule has 4 saturated carbocycles. The van der Waals surface area contributed by atoms with Gasteiger partial charge in [-0.1, -0.05) is 0 Å². The Morgan fingerprint density at radius 3 is 2.37 bits per heavy atom. The van der Waals surface area contributed by atoms with Crippen molar-refractivity contribution in [3.05, 3.63) is 0 Å². The average molecular weight is 377 g/mol. The van der Waals surface area contributed by atoms with Crippen LogP contribution in [0.15, 0.2) is 0 Å². The van der Waals surface area contributed by atoms with Gasteiger partial charge in [0, 0.05) is 31.6 Å². The quantitative estimate of drug-likeness (QED) is 0.665. The lowest BCUT2D eigenvalue weighted by Crippen LogP contribution is -2.61. The van der Waals surface area contributed by atoms with E-state index in [9.17, 15) is 9.59 Å². The fourth-order valence-corrected chi connectivity index (χ4v) is 6.74. The molecule has 152 valence electrons. The summed E-state index contributed by atoms with van der Waals surface area (Å²) in [6.45, 7) is 3.11. The first-order chi connectivity index (χ1) is 13.0.